The molecule has 0 atom stereocenters. The third-order valence-corrected chi connectivity index (χ3v) is 4.49. The Labute approximate surface area is 130 Å². The van der Waals surface area contributed by atoms with Crippen molar-refractivity contribution in [2.75, 3.05) is 5.73 Å². The molecule has 1 aliphatic rings. The van der Waals surface area contributed by atoms with E-state index >= 15 is 0 Å². The van der Waals surface area contributed by atoms with Crippen molar-refractivity contribution in [2.24, 2.45) is 0 Å². The molecule has 6 nitrogen and oxygen atoms in total. The molecule has 7 heteroatoms. The number of nitrogens with two attached hydrogens (primary N) is 1. The maximum atomic E-state index is 11.0. The normalized spacial score (nSPS) is 22.4. The number of rotatable bonds is 2. The first-order chi connectivity index (χ1) is 10.1. The Morgan fingerprint density at radius 3 is 2.81 bits per heavy atom. The quantitative estimate of drug-likeness (QED) is 0.840. The number of halogens is 1. The highest BCUT2D eigenvalue weighted by Crippen LogP contribution is 2.36. The highest BCUT2D eigenvalue weighted by atomic mass is 79.9. The van der Waals surface area contributed by atoms with Crippen LogP contribution in [0.25, 0.3) is 5.52 Å². The molecule has 112 valence electrons. The van der Waals surface area contributed by atoms with E-state index < -0.39 is 0 Å². The largest absolute Gasteiger partial charge is 0.463 e. The van der Waals surface area contributed by atoms with Crippen molar-refractivity contribution in [3.8, 4) is 0 Å². The minimum absolute atomic E-state index is 0.0418. The molecule has 0 aromatic carbocycles. The van der Waals surface area contributed by atoms with E-state index in [9.17, 15) is 4.79 Å². The van der Waals surface area contributed by atoms with Gasteiger partial charge in [0.2, 0.25) is 0 Å². The van der Waals surface area contributed by atoms with Gasteiger partial charge in [-0.05, 0) is 41.6 Å². The van der Waals surface area contributed by atoms with Crippen LogP contribution < -0.4 is 5.73 Å². The fraction of sp³-hybridized carbons (Fsp3) is 0.500. The molecule has 0 aliphatic heterocycles. The number of esters is 1. The first-order valence-corrected chi connectivity index (χ1v) is 7.80. The fourth-order valence-corrected chi connectivity index (χ4v) is 3.58. The van der Waals surface area contributed by atoms with E-state index in [0.29, 0.717) is 11.7 Å². The molecule has 0 radical (unpaired) electrons. The van der Waals surface area contributed by atoms with Crippen LogP contribution in [-0.2, 0) is 9.53 Å². The summed E-state index contributed by atoms with van der Waals surface area (Å²) in [6.07, 6.45) is 7.26. The molecule has 0 spiro atoms. The van der Waals surface area contributed by atoms with Crippen LogP contribution in [0.1, 0.15) is 44.3 Å². The van der Waals surface area contributed by atoms with E-state index in [-0.39, 0.29) is 12.1 Å². The lowest BCUT2D eigenvalue weighted by Crippen LogP contribution is -2.23. The van der Waals surface area contributed by atoms with E-state index in [2.05, 4.69) is 25.9 Å². The molecular formula is C14H17BrN4O2. The lowest BCUT2D eigenvalue weighted by Gasteiger charge is -2.27. The summed E-state index contributed by atoms with van der Waals surface area (Å²) >= 11 is 3.46. The predicted molar refractivity (Wildman–Crippen MR) is 81.9 cm³/mol. The maximum absolute atomic E-state index is 11.0. The van der Waals surface area contributed by atoms with Crippen LogP contribution in [0.3, 0.4) is 0 Å². The highest BCUT2D eigenvalue weighted by Gasteiger charge is 2.27. The van der Waals surface area contributed by atoms with Crippen LogP contribution in [0.2, 0.25) is 0 Å². The van der Waals surface area contributed by atoms with Gasteiger partial charge in [0, 0.05) is 25.2 Å². The van der Waals surface area contributed by atoms with Gasteiger partial charge in [0.05, 0.1) is 0 Å². The van der Waals surface area contributed by atoms with Gasteiger partial charge in [-0.3, -0.25) is 9.20 Å². The molecule has 0 amide bonds. The highest BCUT2D eigenvalue weighted by molar-refractivity contribution is 9.10. The Balaban J connectivity index is 1.83. The first kappa shape index (κ1) is 14.3. The lowest BCUT2D eigenvalue weighted by atomic mass is 9.87. The van der Waals surface area contributed by atoms with Crippen molar-refractivity contribution in [2.45, 2.75) is 44.6 Å². The molecule has 3 rings (SSSR count). The summed E-state index contributed by atoms with van der Waals surface area (Å²) in [6, 6.07) is 0. The Morgan fingerprint density at radius 1 is 1.43 bits per heavy atom. The van der Waals surface area contributed by atoms with Crippen LogP contribution in [0.4, 0.5) is 5.82 Å². The Hall–Kier alpha value is -1.63. The number of carbonyl (C=O) groups excluding carboxylic acids is 1. The van der Waals surface area contributed by atoms with Gasteiger partial charge in [0.1, 0.15) is 22.0 Å². The number of anilines is 1. The van der Waals surface area contributed by atoms with Gasteiger partial charge >= 0.3 is 5.97 Å². The predicted octanol–water partition coefficient (Wildman–Crippen LogP) is 2.66. The number of nitrogen functional groups attached to an aromatic ring is 1. The zero-order valence-electron chi connectivity index (χ0n) is 11.8. The molecular weight excluding hydrogens is 336 g/mol. The van der Waals surface area contributed by atoms with Crippen molar-refractivity contribution in [1.82, 2.24) is 14.4 Å². The zero-order chi connectivity index (χ0) is 15.0. The van der Waals surface area contributed by atoms with E-state index in [4.69, 9.17) is 10.5 Å². The van der Waals surface area contributed by atoms with Crippen molar-refractivity contribution in [3.05, 3.63) is 22.8 Å². The third-order valence-electron chi connectivity index (χ3n) is 3.94. The number of fused-ring (bicyclic) bond motifs is 1. The molecule has 1 aliphatic carbocycles. The van der Waals surface area contributed by atoms with E-state index in [1.165, 1.54) is 6.92 Å². The number of carbonyl (C=O) groups is 1. The van der Waals surface area contributed by atoms with Crippen LogP contribution in [0, 0.1) is 0 Å². The molecule has 1 saturated carbocycles. The van der Waals surface area contributed by atoms with Gasteiger partial charge in [-0.2, -0.15) is 0 Å². The van der Waals surface area contributed by atoms with Crippen molar-refractivity contribution >= 4 is 33.2 Å². The summed E-state index contributed by atoms with van der Waals surface area (Å²) in [5.74, 6) is 1.60. The fourth-order valence-electron chi connectivity index (χ4n) is 3.00. The summed E-state index contributed by atoms with van der Waals surface area (Å²) < 4.78 is 8.01. The van der Waals surface area contributed by atoms with E-state index in [0.717, 1.165) is 41.6 Å². The molecule has 0 bridgehead atoms. The Morgan fingerprint density at radius 2 is 2.14 bits per heavy atom. The minimum Gasteiger partial charge on any atom is -0.463 e. The summed E-state index contributed by atoms with van der Waals surface area (Å²) in [7, 11) is 0. The van der Waals surface area contributed by atoms with Crippen LogP contribution in [-0.4, -0.2) is 26.4 Å². The number of hydrogen-bond donors (Lipinski definition) is 1. The summed E-state index contributed by atoms with van der Waals surface area (Å²) in [4.78, 5) is 19.7. The topological polar surface area (TPSA) is 82.5 Å². The second-order valence-electron chi connectivity index (χ2n) is 5.37. The number of imidazole rings is 1. The Kier molecular flexibility index (Phi) is 3.84. The molecule has 0 unspecified atom stereocenters. The van der Waals surface area contributed by atoms with E-state index in [1.807, 2.05) is 10.6 Å². The van der Waals surface area contributed by atoms with Crippen LogP contribution >= 0.6 is 15.9 Å². The standard InChI is InChI=1S/C14H17BrN4O2/c1-8(20)21-10-4-2-9(3-5-10)14-18-12(15)11-13(16)17-6-7-19(11)14/h6-7,9-10H,2-5H2,1H3,(H2,16,17)/t9-,10-. The van der Waals surface area contributed by atoms with Gasteiger partial charge in [-0.15, -0.1) is 0 Å². The third kappa shape index (κ3) is 2.74. The summed E-state index contributed by atoms with van der Waals surface area (Å²) in [5, 5.41) is 0. The average molecular weight is 353 g/mol. The maximum Gasteiger partial charge on any atom is 0.302 e. The first-order valence-electron chi connectivity index (χ1n) is 7.01. The summed E-state index contributed by atoms with van der Waals surface area (Å²) in [5.41, 5.74) is 6.73. The number of aromatic nitrogens is 3. The van der Waals surface area contributed by atoms with Crippen molar-refractivity contribution in [1.29, 1.82) is 0 Å². The van der Waals surface area contributed by atoms with Gasteiger partial charge in [-0.25, -0.2) is 9.97 Å². The van der Waals surface area contributed by atoms with Gasteiger partial charge < -0.3 is 10.5 Å². The number of nitrogens with zero attached hydrogens (tertiary/aromatic N) is 3. The molecule has 2 aromatic heterocycles. The van der Waals surface area contributed by atoms with E-state index in [1.54, 1.807) is 6.20 Å². The molecule has 2 aromatic rings. The number of hydrogen-bond acceptors (Lipinski definition) is 5. The zero-order valence-corrected chi connectivity index (χ0v) is 13.3. The molecule has 0 saturated heterocycles. The van der Waals surface area contributed by atoms with Crippen molar-refractivity contribution in [3.63, 3.8) is 0 Å². The molecule has 2 heterocycles. The Bertz CT molecular complexity index is 677. The van der Waals surface area contributed by atoms with Crippen LogP contribution in [0.15, 0.2) is 17.0 Å². The minimum atomic E-state index is -0.202. The monoisotopic (exact) mass is 352 g/mol. The van der Waals surface area contributed by atoms with Gasteiger partial charge in [0.15, 0.2) is 5.82 Å². The molecule has 1 fully saturated rings. The molecule has 2 N–H and O–H groups in total. The second-order valence-corrected chi connectivity index (χ2v) is 6.13. The smallest absolute Gasteiger partial charge is 0.302 e. The summed E-state index contributed by atoms with van der Waals surface area (Å²) in [6.45, 7) is 1.46. The van der Waals surface area contributed by atoms with Crippen LogP contribution in [0.5, 0.6) is 0 Å². The van der Waals surface area contributed by atoms with Gasteiger partial charge in [-0.1, -0.05) is 0 Å². The lowest BCUT2D eigenvalue weighted by molar-refractivity contribution is -0.147. The molecule has 21 heavy (non-hydrogen) atoms. The van der Waals surface area contributed by atoms with Gasteiger partial charge in [0.25, 0.3) is 0 Å². The average Bonchev–Trinajstić information content (AvgIpc) is 2.78. The SMILES string of the molecule is CC(=O)O[C@H]1CC[C@H](c2nc(Br)c3c(N)nccn32)CC1. The van der Waals surface area contributed by atoms with Crippen molar-refractivity contribution < 1.29 is 9.53 Å². The second kappa shape index (κ2) is 5.63. The number of ether oxygens (including phenoxy) is 1.